The summed E-state index contributed by atoms with van der Waals surface area (Å²) in [6, 6.07) is 15.0. The summed E-state index contributed by atoms with van der Waals surface area (Å²) in [7, 11) is 4.17. The van der Waals surface area contributed by atoms with Gasteiger partial charge in [-0.3, -0.25) is 0 Å². The first-order valence-electron chi connectivity index (χ1n) is 11.6. The summed E-state index contributed by atoms with van der Waals surface area (Å²) in [4.78, 5) is 6.97. The zero-order chi connectivity index (χ0) is 22.8. The monoisotopic (exact) mass is 566 g/mol. The minimum atomic E-state index is 0. The number of aryl methyl sites for hydroxylation is 1. The van der Waals surface area contributed by atoms with E-state index in [2.05, 4.69) is 85.9 Å². The molecule has 0 aliphatic carbocycles. The molecule has 0 radical (unpaired) electrons. The van der Waals surface area contributed by atoms with Gasteiger partial charge in [0.1, 0.15) is 5.75 Å². The Morgan fingerprint density at radius 3 is 2.70 bits per heavy atom. The molecule has 7 heteroatoms. The van der Waals surface area contributed by atoms with E-state index < -0.39 is 0 Å². The molecular weight excluding hydrogens is 527 g/mol. The maximum Gasteiger partial charge on any atom is 0.191 e. The fourth-order valence-corrected chi connectivity index (χ4v) is 3.75. The van der Waals surface area contributed by atoms with Crippen LogP contribution in [0.15, 0.2) is 47.5 Å². The van der Waals surface area contributed by atoms with Crippen LogP contribution in [0.25, 0.3) is 0 Å². The Morgan fingerprint density at radius 1 is 1.15 bits per heavy atom. The summed E-state index contributed by atoms with van der Waals surface area (Å²) < 4.78 is 11.7. The maximum atomic E-state index is 6.18. The Hall–Kier alpha value is -1.84. The Labute approximate surface area is 216 Å². The molecule has 1 aliphatic rings. The molecule has 1 unspecified atom stereocenters. The summed E-state index contributed by atoms with van der Waals surface area (Å²) in [5.41, 5.74) is 4.84. The van der Waals surface area contributed by atoms with E-state index in [1.165, 1.54) is 16.7 Å². The van der Waals surface area contributed by atoms with Gasteiger partial charge in [-0.2, -0.15) is 0 Å². The predicted octanol–water partition coefficient (Wildman–Crippen LogP) is 4.35. The van der Waals surface area contributed by atoms with Gasteiger partial charge in [0.15, 0.2) is 5.96 Å². The number of benzene rings is 2. The average Bonchev–Trinajstić information content (AvgIpc) is 3.28. The van der Waals surface area contributed by atoms with E-state index in [-0.39, 0.29) is 24.0 Å². The normalized spacial score (nSPS) is 15.9. The predicted molar refractivity (Wildman–Crippen MR) is 147 cm³/mol. The molecule has 3 rings (SSSR count). The number of hydrogen-bond donors (Lipinski definition) is 2. The minimum absolute atomic E-state index is 0. The van der Waals surface area contributed by atoms with Crippen molar-refractivity contribution in [2.75, 3.05) is 40.5 Å². The average molecular weight is 567 g/mol. The summed E-state index contributed by atoms with van der Waals surface area (Å²) in [5, 5.41) is 6.82. The summed E-state index contributed by atoms with van der Waals surface area (Å²) in [5.74, 6) is 2.23. The molecule has 182 valence electrons. The fraction of sp³-hybridized carbons (Fsp3) is 0.500. The lowest BCUT2D eigenvalue weighted by atomic mass is 10.1. The number of nitrogens with one attached hydrogen (secondary N) is 2. The quantitative estimate of drug-likeness (QED) is 0.255. The van der Waals surface area contributed by atoms with Crippen molar-refractivity contribution in [1.82, 2.24) is 15.5 Å². The highest BCUT2D eigenvalue weighted by molar-refractivity contribution is 14.0. The van der Waals surface area contributed by atoms with Gasteiger partial charge in [0.25, 0.3) is 0 Å². The first-order valence-corrected chi connectivity index (χ1v) is 11.6. The molecule has 33 heavy (non-hydrogen) atoms. The first kappa shape index (κ1) is 27.4. The highest BCUT2D eigenvalue weighted by atomic mass is 127. The van der Waals surface area contributed by atoms with E-state index in [1.807, 2.05) is 0 Å². The zero-order valence-corrected chi connectivity index (χ0v) is 22.7. The molecule has 0 amide bonds. The second-order valence-electron chi connectivity index (χ2n) is 8.76. The second-order valence-corrected chi connectivity index (χ2v) is 8.76. The van der Waals surface area contributed by atoms with Crippen molar-refractivity contribution >= 4 is 29.9 Å². The minimum Gasteiger partial charge on any atom is -0.493 e. The van der Waals surface area contributed by atoms with Crippen LogP contribution in [-0.4, -0.2) is 51.3 Å². The van der Waals surface area contributed by atoms with Gasteiger partial charge < -0.3 is 25.0 Å². The van der Waals surface area contributed by atoms with Crippen molar-refractivity contribution in [1.29, 1.82) is 0 Å². The molecule has 1 saturated heterocycles. The lowest BCUT2D eigenvalue weighted by molar-refractivity contribution is 0.166. The number of nitrogens with zero attached hydrogens (tertiary/aromatic N) is 2. The van der Waals surface area contributed by atoms with Gasteiger partial charge in [-0.05, 0) is 57.1 Å². The molecule has 0 aromatic heterocycles. The molecule has 1 fully saturated rings. The Kier molecular flexibility index (Phi) is 12.0. The first-order chi connectivity index (χ1) is 15.5. The van der Waals surface area contributed by atoms with E-state index in [4.69, 9.17) is 14.5 Å². The smallest absolute Gasteiger partial charge is 0.191 e. The fourth-order valence-electron chi connectivity index (χ4n) is 3.75. The van der Waals surface area contributed by atoms with Crippen molar-refractivity contribution in [2.24, 2.45) is 10.9 Å². The van der Waals surface area contributed by atoms with Crippen LogP contribution in [0.4, 0.5) is 0 Å². The molecule has 0 spiro atoms. The summed E-state index contributed by atoms with van der Waals surface area (Å²) in [6.07, 6.45) is 1.08. The molecular formula is C26H39IN4O2. The van der Waals surface area contributed by atoms with Crippen LogP contribution in [0.1, 0.15) is 35.6 Å². The van der Waals surface area contributed by atoms with Crippen LogP contribution in [0.3, 0.4) is 0 Å². The topological polar surface area (TPSA) is 58.1 Å². The Bertz CT molecular complexity index is 882. The van der Waals surface area contributed by atoms with E-state index in [1.54, 1.807) is 0 Å². The van der Waals surface area contributed by atoms with Gasteiger partial charge in [-0.25, -0.2) is 4.99 Å². The van der Waals surface area contributed by atoms with Crippen molar-refractivity contribution in [3.8, 4) is 5.75 Å². The van der Waals surface area contributed by atoms with E-state index in [9.17, 15) is 0 Å². The lowest BCUT2D eigenvalue weighted by Crippen LogP contribution is -2.36. The number of rotatable bonds is 10. The Morgan fingerprint density at radius 2 is 1.97 bits per heavy atom. The number of halogens is 1. The highest BCUT2D eigenvalue weighted by Gasteiger charge is 2.17. The molecule has 2 aromatic rings. The van der Waals surface area contributed by atoms with Crippen LogP contribution in [0.5, 0.6) is 5.75 Å². The van der Waals surface area contributed by atoms with Crippen LogP contribution >= 0.6 is 24.0 Å². The van der Waals surface area contributed by atoms with Gasteiger partial charge in [0.05, 0.1) is 19.8 Å². The molecule has 0 saturated carbocycles. The highest BCUT2D eigenvalue weighted by Crippen LogP contribution is 2.22. The molecule has 6 nitrogen and oxygen atoms in total. The van der Waals surface area contributed by atoms with Crippen LogP contribution in [0, 0.1) is 12.8 Å². The standard InChI is InChI=1S/C26H38N4O2.HI/c1-5-27-26(28-15-21-7-6-8-22(14-21)17-30(3)4)29-16-24-10-9-20(2)13-25(24)32-19-23-11-12-31-18-23;/h6-10,13-14,23H,5,11-12,15-19H2,1-4H3,(H2,27,28,29);1H. The van der Waals surface area contributed by atoms with Gasteiger partial charge in [0, 0.05) is 37.7 Å². The molecule has 1 heterocycles. The maximum absolute atomic E-state index is 6.18. The van der Waals surface area contributed by atoms with Crippen LogP contribution < -0.4 is 15.4 Å². The van der Waals surface area contributed by atoms with Crippen molar-refractivity contribution in [2.45, 2.75) is 39.9 Å². The van der Waals surface area contributed by atoms with E-state index in [0.29, 0.717) is 25.6 Å². The molecule has 2 aromatic carbocycles. The van der Waals surface area contributed by atoms with Crippen molar-refractivity contribution < 1.29 is 9.47 Å². The third-order valence-electron chi connectivity index (χ3n) is 5.42. The molecule has 2 N–H and O–H groups in total. The van der Waals surface area contributed by atoms with Gasteiger partial charge in [-0.1, -0.05) is 36.4 Å². The van der Waals surface area contributed by atoms with E-state index in [0.717, 1.165) is 50.0 Å². The third kappa shape index (κ3) is 9.51. The van der Waals surface area contributed by atoms with E-state index >= 15 is 0 Å². The summed E-state index contributed by atoms with van der Waals surface area (Å²) >= 11 is 0. The number of aliphatic imine (C=N–C) groups is 1. The number of ether oxygens (including phenoxy) is 2. The zero-order valence-electron chi connectivity index (χ0n) is 20.4. The Balaban J connectivity index is 0.00000385. The molecule has 0 bridgehead atoms. The van der Waals surface area contributed by atoms with Gasteiger partial charge >= 0.3 is 0 Å². The van der Waals surface area contributed by atoms with Crippen molar-refractivity contribution in [3.05, 3.63) is 64.7 Å². The summed E-state index contributed by atoms with van der Waals surface area (Å²) in [6.45, 7) is 9.55. The van der Waals surface area contributed by atoms with Crippen LogP contribution in [0.2, 0.25) is 0 Å². The number of hydrogen-bond acceptors (Lipinski definition) is 4. The van der Waals surface area contributed by atoms with Gasteiger partial charge in [0.2, 0.25) is 0 Å². The largest absolute Gasteiger partial charge is 0.493 e. The second kappa shape index (κ2) is 14.4. The van der Waals surface area contributed by atoms with Crippen molar-refractivity contribution in [3.63, 3.8) is 0 Å². The third-order valence-corrected chi connectivity index (χ3v) is 5.42. The molecule has 1 atom stereocenters. The number of guanidine groups is 1. The van der Waals surface area contributed by atoms with Crippen LogP contribution in [-0.2, 0) is 24.4 Å². The van der Waals surface area contributed by atoms with Gasteiger partial charge in [-0.15, -0.1) is 24.0 Å². The SMILES string of the molecule is CCNC(=NCc1cccc(CN(C)C)c1)NCc1ccc(C)cc1OCC1CCOC1.I. The molecule has 1 aliphatic heterocycles. The lowest BCUT2D eigenvalue weighted by Gasteiger charge is -2.17.